The van der Waals surface area contributed by atoms with Crippen LogP contribution in [0.4, 0.5) is 0 Å². The third-order valence-corrected chi connectivity index (χ3v) is 3.00. The van der Waals surface area contributed by atoms with Crippen LogP contribution in [0.15, 0.2) is 4.99 Å². The van der Waals surface area contributed by atoms with Crippen LogP contribution in [0.25, 0.3) is 0 Å². The van der Waals surface area contributed by atoms with E-state index >= 15 is 0 Å². The summed E-state index contributed by atoms with van der Waals surface area (Å²) in [7, 11) is 1.74. The van der Waals surface area contributed by atoms with Crippen LogP contribution >= 0.6 is 11.8 Å². The predicted molar refractivity (Wildman–Crippen MR) is 58.5 cm³/mol. The Bertz CT molecular complexity index is 173. The summed E-state index contributed by atoms with van der Waals surface area (Å²) in [4.78, 5) is 4.41. The number of methoxy groups -OCH3 is 1. The first kappa shape index (κ1) is 10.9. The van der Waals surface area contributed by atoms with Crippen molar-refractivity contribution < 1.29 is 4.74 Å². The average Bonchev–Trinajstić information content (AvgIpc) is 2.19. The molecule has 1 N–H and O–H groups in total. The second-order valence-electron chi connectivity index (χ2n) is 3.09. The van der Waals surface area contributed by atoms with Gasteiger partial charge >= 0.3 is 0 Å². The van der Waals surface area contributed by atoms with Gasteiger partial charge in [0.25, 0.3) is 0 Å². The molecule has 0 bridgehead atoms. The number of thioether (sulfide) groups is 1. The van der Waals surface area contributed by atoms with Crippen LogP contribution < -0.4 is 5.32 Å². The van der Waals surface area contributed by atoms with E-state index in [1.807, 2.05) is 11.8 Å². The van der Waals surface area contributed by atoms with Crippen LogP contribution in [0.1, 0.15) is 19.8 Å². The van der Waals surface area contributed by atoms with E-state index in [-0.39, 0.29) is 0 Å². The van der Waals surface area contributed by atoms with Gasteiger partial charge in [-0.15, -0.1) is 0 Å². The van der Waals surface area contributed by atoms with Gasteiger partial charge in [-0.05, 0) is 12.8 Å². The largest absolute Gasteiger partial charge is 0.383 e. The molecule has 13 heavy (non-hydrogen) atoms. The van der Waals surface area contributed by atoms with Gasteiger partial charge < -0.3 is 10.1 Å². The summed E-state index contributed by atoms with van der Waals surface area (Å²) in [6, 6.07) is 0.411. The van der Waals surface area contributed by atoms with Gasteiger partial charge in [0.1, 0.15) is 0 Å². The Morgan fingerprint density at radius 2 is 2.54 bits per heavy atom. The Hall–Kier alpha value is -0.220. The molecule has 0 saturated heterocycles. The molecule has 0 aliphatic carbocycles. The number of nitrogens with one attached hydrogen (secondary N) is 1. The number of rotatable bonds is 4. The smallest absolute Gasteiger partial charge is 0.156 e. The highest BCUT2D eigenvalue weighted by molar-refractivity contribution is 8.13. The van der Waals surface area contributed by atoms with Crippen molar-refractivity contribution in [1.29, 1.82) is 0 Å². The van der Waals surface area contributed by atoms with Crippen LogP contribution in [-0.2, 0) is 4.74 Å². The summed E-state index contributed by atoms with van der Waals surface area (Å²) in [6.45, 7) is 3.89. The maximum Gasteiger partial charge on any atom is 0.156 e. The van der Waals surface area contributed by atoms with Gasteiger partial charge in [0.05, 0.1) is 12.6 Å². The predicted octanol–water partition coefficient (Wildman–Crippen LogP) is 1.49. The van der Waals surface area contributed by atoms with Crippen LogP contribution in [0.3, 0.4) is 0 Å². The summed E-state index contributed by atoms with van der Waals surface area (Å²) in [5, 5.41) is 4.49. The van der Waals surface area contributed by atoms with Gasteiger partial charge in [0.15, 0.2) is 5.17 Å². The molecular weight excluding hydrogens is 184 g/mol. The third-order valence-electron chi connectivity index (χ3n) is 1.98. The fourth-order valence-electron chi connectivity index (χ4n) is 1.18. The highest BCUT2D eigenvalue weighted by Gasteiger charge is 2.10. The van der Waals surface area contributed by atoms with Crippen molar-refractivity contribution in [1.82, 2.24) is 5.32 Å². The lowest BCUT2D eigenvalue weighted by atomic mass is 10.2. The zero-order valence-corrected chi connectivity index (χ0v) is 9.19. The lowest BCUT2D eigenvalue weighted by Crippen LogP contribution is -2.37. The summed E-state index contributed by atoms with van der Waals surface area (Å²) >= 11 is 1.82. The molecule has 0 amide bonds. The van der Waals surface area contributed by atoms with E-state index in [9.17, 15) is 0 Å². The van der Waals surface area contributed by atoms with Gasteiger partial charge in [-0.2, -0.15) is 0 Å². The van der Waals surface area contributed by atoms with E-state index in [0.717, 1.165) is 24.7 Å². The first-order valence-electron chi connectivity index (χ1n) is 4.79. The number of hydrogen-bond donors (Lipinski definition) is 1. The fourth-order valence-corrected chi connectivity index (χ4v) is 2.08. The molecule has 1 aliphatic rings. The zero-order chi connectivity index (χ0) is 9.52. The lowest BCUT2D eigenvalue weighted by Gasteiger charge is -2.20. The van der Waals surface area contributed by atoms with Crippen molar-refractivity contribution in [3.8, 4) is 0 Å². The maximum absolute atomic E-state index is 5.11. The second kappa shape index (κ2) is 6.27. The van der Waals surface area contributed by atoms with Crippen molar-refractivity contribution in [2.75, 3.05) is 26.0 Å². The number of aliphatic imine (C=N–C) groups is 1. The van der Waals surface area contributed by atoms with Crippen LogP contribution in [0.5, 0.6) is 0 Å². The molecule has 0 aromatic carbocycles. The standard InChI is InChI=1S/C9H18N2OS/c1-3-8(7-12-2)11-9-10-5-4-6-13-9/h8H,3-7H2,1-2H3,(H,10,11). The van der Waals surface area contributed by atoms with E-state index in [4.69, 9.17) is 4.74 Å². The van der Waals surface area contributed by atoms with Crippen molar-refractivity contribution in [2.45, 2.75) is 25.8 Å². The quantitative estimate of drug-likeness (QED) is 0.750. The number of nitrogens with zero attached hydrogens (tertiary/aromatic N) is 1. The Balaban J connectivity index is 2.31. The number of amidine groups is 1. The van der Waals surface area contributed by atoms with Crippen molar-refractivity contribution in [3.05, 3.63) is 0 Å². The SMILES string of the molecule is CCC(COC)NC1=NCCCS1. The topological polar surface area (TPSA) is 33.6 Å². The molecule has 3 nitrogen and oxygen atoms in total. The first-order chi connectivity index (χ1) is 6.36. The Labute approximate surface area is 84.3 Å². The van der Waals surface area contributed by atoms with Gasteiger partial charge in [-0.3, -0.25) is 4.99 Å². The third kappa shape index (κ3) is 4.00. The highest BCUT2D eigenvalue weighted by Crippen LogP contribution is 2.11. The van der Waals surface area contributed by atoms with E-state index < -0.39 is 0 Å². The van der Waals surface area contributed by atoms with E-state index in [2.05, 4.69) is 17.2 Å². The van der Waals surface area contributed by atoms with Crippen LogP contribution in [0, 0.1) is 0 Å². The Morgan fingerprint density at radius 1 is 1.69 bits per heavy atom. The summed E-state index contributed by atoms with van der Waals surface area (Å²) in [6.07, 6.45) is 2.28. The molecule has 1 heterocycles. The highest BCUT2D eigenvalue weighted by atomic mass is 32.2. The minimum absolute atomic E-state index is 0.411. The molecule has 0 fully saturated rings. The second-order valence-corrected chi connectivity index (χ2v) is 4.18. The molecule has 0 spiro atoms. The van der Waals surface area contributed by atoms with Gasteiger partial charge in [0, 0.05) is 19.4 Å². The molecule has 0 aromatic heterocycles. The molecule has 76 valence electrons. The Kier molecular flexibility index (Phi) is 5.23. The Morgan fingerprint density at radius 3 is 3.08 bits per heavy atom. The normalized spacial score (nSPS) is 19.4. The minimum atomic E-state index is 0.411. The molecule has 1 rings (SSSR count). The van der Waals surface area contributed by atoms with Gasteiger partial charge in [0.2, 0.25) is 0 Å². The van der Waals surface area contributed by atoms with E-state index in [0.29, 0.717) is 6.04 Å². The van der Waals surface area contributed by atoms with E-state index in [1.165, 1.54) is 12.2 Å². The summed E-state index contributed by atoms with van der Waals surface area (Å²) < 4.78 is 5.11. The van der Waals surface area contributed by atoms with Crippen LogP contribution in [-0.4, -0.2) is 37.2 Å². The summed E-state index contributed by atoms with van der Waals surface area (Å²) in [5.74, 6) is 1.19. The van der Waals surface area contributed by atoms with Crippen molar-refractivity contribution in [2.24, 2.45) is 4.99 Å². The maximum atomic E-state index is 5.11. The minimum Gasteiger partial charge on any atom is -0.383 e. The van der Waals surface area contributed by atoms with Crippen molar-refractivity contribution >= 4 is 16.9 Å². The molecular formula is C9H18N2OS. The van der Waals surface area contributed by atoms with Crippen molar-refractivity contribution in [3.63, 3.8) is 0 Å². The zero-order valence-electron chi connectivity index (χ0n) is 8.38. The van der Waals surface area contributed by atoms with E-state index in [1.54, 1.807) is 7.11 Å². The average molecular weight is 202 g/mol. The molecule has 1 aliphatic heterocycles. The number of hydrogen-bond acceptors (Lipinski definition) is 4. The summed E-state index contributed by atoms with van der Waals surface area (Å²) in [5.41, 5.74) is 0. The van der Waals surface area contributed by atoms with Gasteiger partial charge in [-0.25, -0.2) is 0 Å². The monoisotopic (exact) mass is 202 g/mol. The number of ether oxygens (including phenoxy) is 1. The molecule has 0 saturated carbocycles. The molecule has 1 unspecified atom stereocenters. The molecule has 0 aromatic rings. The van der Waals surface area contributed by atoms with Gasteiger partial charge in [-0.1, -0.05) is 18.7 Å². The first-order valence-corrected chi connectivity index (χ1v) is 5.78. The lowest BCUT2D eigenvalue weighted by molar-refractivity contribution is 0.172. The fraction of sp³-hybridized carbons (Fsp3) is 0.889. The van der Waals surface area contributed by atoms with Crippen LogP contribution in [0.2, 0.25) is 0 Å². The molecule has 4 heteroatoms. The molecule has 1 atom stereocenters. The molecule has 0 radical (unpaired) electrons.